The third-order valence-corrected chi connectivity index (χ3v) is 7.65. The first kappa shape index (κ1) is 29.1. The molecule has 5 nitrogen and oxygen atoms in total. The number of hydrogen-bond donors (Lipinski definition) is 0. The Bertz CT molecular complexity index is 586. The molecule has 0 atom stereocenters. The second-order valence-electron chi connectivity index (χ2n) is 11.6. The molecule has 0 spiro atoms. The van der Waals surface area contributed by atoms with Crippen LogP contribution < -0.4 is 0 Å². The largest absolute Gasteiger partial charge is 0.462 e. The Morgan fingerprint density at radius 2 is 1.07 bits per heavy atom. The molecule has 2 rings (SSSR count). The number of piperidine rings is 2. The summed E-state index contributed by atoms with van der Waals surface area (Å²) in [6.45, 7) is 17.4. The lowest BCUT2D eigenvalue weighted by Gasteiger charge is -2.53. The molecule has 0 bridgehead atoms. The Morgan fingerprint density at radius 3 is 1.43 bits per heavy atom. The number of hydrogen-bond acceptors (Lipinski definition) is 5. The number of ether oxygens (including phenoxy) is 1. The Morgan fingerprint density at radius 1 is 0.733 bits per heavy atom. The number of rotatable bonds is 4. The number of carbonyl (C=O) groups excluding carboxylic acids is 2. The van der Waals surface area contributed by atoms with Crippen molar-refractivity contribution in [2.45, 2.75) is 131 Å². The van der Waals surface area contributed by atoms with Gasteiger partial charge in [0.1, 0.15) is 18.3 Å². The second-order valence-corrected chi connectivity index (χ2v) is 11.6. The SMILES string of the molecule is C.C.CN1C(C)(C)CC(OC(=O)CC(=O)C2CC(C)(C)N(C)C(C)(C)C2)CC1(C)C. The van der Waals surface area contributed by atoms with E-state index in [2.05, 4.69) is 79.3 Å². The highest BCUT2D eigenvalue weighted by Gasteiger charge is 2.46. The second kappa shape index (κ2) is 9.28. The zero-order chi connectivity index (χ0) is 21.7. The first-order chi connectivity index (χ1) is 12.5. The molecule has 0 aromatic rings. The Labute approximate surface area is 186 Å². The summed E-state index contributed by atoms with van der Waals surface area (Å²) in [6, 6.07) is 0. The summed E-state index contributed by atoms with van der Waals surface area (Å²) in [6.07, 6.45) is 2.92. The van der Waals surface area contributed by atoms with Gasteiger partial charge in [-0.05, 0) is 82.3 Å². The zero-order valence-corrected chi connectivity index (χ0v) is 19.8. The molecule has 0 N–H and O–H groups in total. The number of likely N-dealkylation sites (tertiary alicyclic amines) is 2. The maximum absolute atomic E-state index is 12.9. The Kier molecular flexibility index (Phi) is 8.99. The number of Topliss-reactive ketones (excluding diaryl/α,β-unsaturated/α-hetero) is 1. The first-order valence-electron chi connectivity index (χ1n) is 10.7. The third kappa shape index (κ3) is 6.06. The molecule has 178 valence electrons. The van der Waals surface area contributed by atoms with Gasteiger partial charge in [0.2, 0.25) is 0 Å². The van der Waals surface area contributed by atoms with Gasteiger partial charge in [-0.15, -0.1) is 0 Å². The average molecular weight is 427 g/mol. The number of nitrogens with zero attached hydrogens (tertiary/aromatic N) is 2. The van der Waals surface area contributed by atoms with Gasteiger partial charge in [0.25, 0.3) is 0 Å². The highest BCUT2D eigenvalue weighted by molar-refractivity contribution is 5.97. The molecular weight excluding hydrogens is 376 g/mol. The van der Waals surface area contributed by atoms with Gasteiger partial charge in [0.15, 0.2) is 0 Å². The monoisotopic (exact) mass is 426 g/mol. The fourth-order valence-electron chi connectivity index (χ4n) is 5.48. The van der Waals surface area contributed by atoms with Crippen molar-refractivity contribution in [2.24, 2.45) is 5.92 Å². The molecule has 2 aliphatic rings. The van der Waals surface area contributed by atoms with Gasteiger partial charge < -0.3 is 4.74 Å². The van der Waals surface area contributed by atoms with Crippen LogP contribution >= 0.6 is 0 Å². The third-order valence-electron chi connectivity index (χ3n) is 7.65. The van der Waals surface area contributed by atoms with Crippen LogP contribution in [-0.2, 0) is 14.3 Å². The quantitative estimate of drug-likeness (QED) is 0.450. The Balaban J connectivity index is 0.00000420. The lowest BCUT2D eigenvalue weighted by atomic mass is 9.72. The smallest absolute Gasteiger partial charge is 0.313 e. The van der Waals surface area contributed by atoms with Crippen LogP contribution in [0.2, 0.25) is 0 Å². The van der Waals surface area contributed by atoms with Gasteiger partial charge in [0, 0.05) is 40.9 Å². The molecule has 0 saturated carbocycles. The molecule has 0 aliphatic carbocycles. The minimum Gasteiger partial charge on any atom is -0.462 e. The lowest BCUT2D eigenvalue weighted by molar-refractivity contribution is -0.161. The summed E-state index contributed by atoms with van der Waals surface area (Å²) >= 11 is 0. The minimum atomic E-state index is -0.360. The summed E-state index contributed by atoms with van der Waals surface area (Å²) in [5.41, 5.74) is -0.209. The predicted octanol–water partition coefficient (Wildman–Crippen LogP) is 5.31. The molecule has 2 fully saturated rings. The van der Waals surface area contributed by atoms with Gasteiger partial charge in [-0.25, -0.2) is 0 Å². The number of esters is 1. The van der Waals surface area contributed by atoms with Crippen LogP contribution in [0.4, 0.5) is 0 Å². The molecule has 5 heteroatoms. The van der Waals surface area contributed by atoms with Gasteiger partial charge in [-0.3, -0.25) is 19.4 Å². The van der Waals surface area contributed by atoms with E-state index >= 15 is 0 Å². The van der Waals surface area contributed by atoms with Gasteiger partial charge in [-0.1, -0.05) is 14.9 Å². The van der Waals surface area contributed by atoms with E-state index in [1.165, 1.54) is 0 Å². The minimum absolute atomic E-state index is 0. The van der Waals surface area contributed by atoms with Crippen LogP contribution in [0.3, 0.4) is 0 Å². The normalized spacial score (nSPS) is 26.2. The van der Waals surface area contributed by atoms with E-state index in [0.29, 0.717) is 0 Å². The number of ketones is 1. The molecule has 0 aromatic heterocycles. The molecule has 2 aliphatic heterocycles. The molecule has 0 radical (unpaired) electrons. The number of carbonyl (C=O) groups is 2. The summed E-state index contributed by atoms with van der Waals surface area (Å²) < 4.78 is 5.80. The van der Waals surface area contributed by atoms with E-state index in [9.17, 15) is 9.59 Å². The standard InChI is InChI=1S/C23H42N2O3.2CH4/c1-20(2)12-16(13-21(3,4)24(20)9)18(26)11-19(27)28-17-14-22(5,6)25(10)23(7,8)15-17;;/h16-17H,11-15H2,1-10H3;2*1H4. The van der Waals surface area contributed by atoms with Crippen LogP contribution in [0.25, 0.3) is 0 Å². The van der Waals surface area contributed by atoms with Crippen LogP contribution in [0.15, 0.2) is 0 Å². The van der Waals surface area contributed by atoms with Crippen molar-refractivity contribution in [1.29, 1.82) is 0 Å². The van der Waals surface area contributed by atoms with Crippen molar-refractivity contribution >= 4 is 11.8 Å². The Hall–Kier alpha value is -0.940. The average Bonchev–Trinajstić information content (AvgIpc) is 2.48. The van der Waals surface area contributed by atoms with E-state index in [1.54, 1.807) is 0 Å². The highest BCUT2D eigenvalue weighted by Crippen LogP contribution is 2.41. The topological polar surface area (TPSA) is 49.9 Å². The molecule has 0 amide bonds. The predicted molar refractivity (Wildman–Crippen MR) is 127 cm³/mol. The zero-order valence-electron chi connectivity index (χ0n) is 19.8. The van der Waals surface area contributed by atoms with Crippen LogP contribution in [-0.4, -0.2) is 63.9 Å². The van der Waals surface area contributed by atoms with Gasteiger partial charge in [0.05, 0.1) is 0 Å². The van der Waals surface area contributed by atoms with Gasteiger partial charge in [-0.2, -0.15) is 0 Å². The van der Waals surface area contributed by atoms with Crippen LogP contribution in [0.1, 0.15) is 102 Å². The van der Waals surface area contributed by atoms with Crippen molar-refractivity contribution in [1.82, 2.24) is 9.80 Å². The van der Waals surface area contributed by atoms with E-state index in [0.717, 1.165) is 25.7 Å². The fourth-order valence-corrected chi connectivity index (χ4v) is 5.48. The summed E-state index contributed by atoms with van der Waals surface area (Å²) in [4.78, 5) is 30.2. The maximum atomic E-state index is 12.9. The maximum Gasteiger partial charge on any atom is 0.313 e. The summed E-state index contributed by atoms with van der Waals surface area (Å²) in [7, 11) is 4.25. The van der Waals surface area contributed by atoms with E-state index < -0.39 is 0 Å². The van der Waals surface area contributed by atoms with Gasteiger partial charge >= 0.3 is 5.97 Å². The van der Waals surface area contributed by atoms with Crippen LogP contribution in [0, 0.1) is 5.92 Å². The molecule has 0 unspecified atom stereocenters. The first-order valence-corrected chi connectivity index (χ1v) is 10.7. The van der Waals surface area contributed by atoms with Crippen molar-refractivity contribution in [3.05, 3.63) is 0 Å². The molecule has 0 aromatic carbocycles. The fraction of sp³-hybridized carbons (Fsp3) is 0.920. The van der Waals surface area contributed by atoms with E-state index in [1.807, 2.05) is 0 Å². The molecule has 2 heterocycles. The molecule has 2 saturated heterocycles. The van der Waals surface area contributed by atoms with E-state index in [-0.39, 0.29) is 67.2 Å². The van der Waals surface area contributed by atoms with Crippen molar-refractivity contribution in [3.8, 4) is 0 Å². The van der Waals surface area contributed by atoms with Crippen molar-refractivity contribution < 1.29 is 14.3 Å². The van der Waals surface area contributed by atoms with Crippen molar-refractivity contribution in [3.63, 3.8) is 0 Å². The van der Waals surface area contributed by atoms with E-state index in [4.69, 9.17) is 4.74 Å². The molecular formula is C25H50N2O3. The van der Waals surface area contributed by atoms with Crippen molar-refractivity contribution in [2.75, 3.05) is 14.1 Å². The van der Waals surface area contributed by atoms with Crippen LogP contribution in [0.5, 0.6) is 0 Å². The summed E-state index contributed by atoms with van der Waals surface area (Å²) in [5.74, 6) is -0.412. The summed E-state index contributed by atoms with van der Waals surface area (Å²) in [5, 5.41) is 0. The molecule has 30 heavy (non-hydrogen) atoms. The highest BCUT2D eigenvalue weighted by atomic mass is 16.5. The lowest BCUT2D eigenvalue weighted by Crippen LogP contribution is -2.60.